The molecule has 4 rings (SSSR count). The molecule has 13 heteroatoms. The zero-order chi connectivity index (χ0) is 25.8. The number of hydrogen-bond donors (Lipinski definition) is 3. The number of anilines is 2. The summed E-state index contributed by atoms with van der Waals surface area (Å²) in [6, 6.07) is 6.95. The molecule has 2 amide bonds. The second-order valence-electron chi connectivity index (χ2n) is 8.00. The van der Waals surface area contributed by atoms with Crippen LogP contribution in [0.2, 0.25) is 0 Å². The van der Waals surface area contributed by atoms with Crippen LogP contribution in [0, 0.1) is 0 Å². The molecule has 0 spiro atoms. The molecule has 0 unspecified atom stereocenters. The summed E-state index contributed by atoms with van der Waals surface area (Å²) in [6.07, 6.45) is 1.09. The highest BCUT2D eigenvalue weighted by Crippen LogP contribution is 2.37. The summed E-state index contributed by atoms with van der Waals surface area (Å²) in [4.78, 5) is 37.4. The minimum absolute atomic E-state index is 0.00325. The maximum absolute atomic E-state index is 13.3. The molecule has 1 fully saturated rings. The minimum atomic E-state index is -4.54. The van der Waals surface area contributed by atoms with Crippen molar-refractivity contribution in [1.29, 1.82) is 0 Å². The molecule has 0 radical (unpaired) electrons. The summed E-state index contributed by atoms with van der Waals surface area (Å²) in [5.74, 6) is -0.949. The van der Waals surface area contributed by atoms with Crippen molar-refractivity contribution in [3.8, 4) is 0 Å². The Morgan fingerprint density at radius 2 is 1.89 bits per heavy atom. The van der Waals surface area contributed by atoms with Crippen LogP contribution in [0.1, 0.15) is 28.0 Å². The van der Waals surface area contributed by atoms with E-state index < -0.39 is 29.1 Å². The summed E-state index contributed by atoms with van der Waals surface area (Å²) >= 11 is 3.05. The Morgan fingerprint density at radius 1 is 1.11 bits per heavy atom. The number of benzene rings is 1. The molecule has 1 aromatic carbocycles. The van der Waals surface area contributed by atoms with Gasteiger partial charge in [0.2, 0.25) is 5.91 Å². The fourth-order valence-electron chi connectivity index (χ4n) is 3.56. The van der Waals surface area contributed by atoms with Gasteiger partial charge in [-0.15, -0.1) is 0 Å². The van der Waals surface area contributed by atoms with Gasteiger partial charge in [0.25, 0.3) is 5.91 Å². The first-order chi connectivity index (χ1) is 17.2. The molecule has 0 saturated carbocycles. The van der Waals surface area contributed by atoms with Crippen LogP contribution in [0.4, 0.5) is 24.5 Å². The molecular weight excluding hydrogens is 545 g/mol. The highest BCUT2D eigenvalue weighted by Gasteiger charge is 2.43. The first kappa shape index (κ1) is 25.5. The van der Waals surface area contributed by atoms with E-state index in [4.69, 9.17) is 4.74 Å². The molecule has 3 heterocycles. The summed E-state index contributed by atoms with van der Waals surface area (Å²) in [5, 5.41) is 8.18. The molecule has 0 aliphatic carbocycles. The topological polar surface area (TPSA) is 118 Å². The van der Waals surface area contributed by atoms with Crippen LogP contribution in [0.25, 0.3) is 0 Å². The van der Waals surface area contributed by atoms with E-state index in [-0.39, 0.29) is 30.8 Å². The summed E-state index contributed by atoms with van der Waals surface area (Å²) in [6.45, 7) is 0.341. The van der Waals surface area contributed by atoms with Crippen LogP contribution in [0.5, 0.6) is 0 Å². The van der Waals surface area contributed by atoms with Gasteiger partial charge in [0.1, 0.15) is 11.9 Å². The van der Waals surface area contributed by atoms with Gasteiger partial charge >= 0.3 is 6.18 Å². The Bertz CT molecular complexity index is 1240. The van der Waals surface area contributed by atoms with Crippen molar-refractivity contribution >= 4 is 39.1 Å². The molecule has 36 heavy (non-hydrogen) atoms. The van der Waals surface area contributed by atoms with Crippen molar-refractivity contribution in [3.63, 3.8) is 0 Å². The highest BCUT2D eigenvalue weighted by atomic mass is 79.9. The Labute approximate surface area is 212 Å². The number of pyridine rings is 1. The second kappa shape index (κ2) is 10.6. The highest BCUT2D eigenvalue weighted by molar-refractivity contribution is 9.10. The van der Waals surface area contributed by atoms with E-state index in [1.807, 2.05) is 0 Å². The van der Waals surface area contributed by atoms with E-state index in [0.29, 0.717) is 22.5 Å². The van der Waals surface area contributed by atoms with Crippen molar-refractivity contribution in [1.82, 2.24) is 25.6 Å². The summed E-state index contributed by atoms with van der Waals surface area (Å²) in [5.41, 5.74) is -1.17. The number of rotatable bonds is 7. The normalized spacial score (nSPS) is 17.4. The van der Waals surface area contributed by atoms with Crippen LogP contribution >= 0.6 is 15.9 Å². The van der Waals surface area contributed by atoms with Crippen LogP contribution in [0.15, 0.2) is 59.7 Å². The number of hydrogen-bond acceptors (Lipinski definition) is 7. The van der Waals surface area contributed by atoms with Gasteiger partial charge in [-0.2, -0.15) is 13.2 Å². The lowest BCUT2D eigenvalue weighted by molar-refractivity contribution is -0.137. The van der Waals surface area contributed by atoms with Crippen LogP contribution in [0.3, 0.4) is 0 Å². The van der Waals surface area contributed by atoms with Crippen molar-refractivity contribution in [2.45, 2.75) is 24.7 Å². The van der Waals surface area contributed by atoms with Crippen LogP contribution < -0.4 is 16.0 Å². The smallest absolute Gasteiger partial charge is 0.378 e. The van der Waals surface area contributed by atoms with Gasteiger partial charge in [0, 0.05) is 29.9 Å². The Balaban J connectivity index is 1.39. The summed E-state index contributed by atoms with van der Waals surface area (Å²) in [7, 11) is 0. The van der Waals surface area contributed by atoms with E-state index >= 15 is 0 Å². The van der Waals surface area contributed by atoms with Gasteiger partial charge in [-0.1, -0.05) is 15.9 Å². The standard InChI is InChI=1S/C23H20BrF3N6O3/c24-15-1-4-19(18(7-15)23(25,26)27)32-17-3-2-16(30-11-17)10-31-21(35)22(5-6-36-12-22)33-20(34)14-8-28-13-29-9-14/h1-4,7-9,11,13,32H,5-6,10,12H2,(H,31,35)(H,33,34)/t22-/m0/s1. The first-order valence-electron chi connectivity index (χ1n) is 10.7. The van der Waals surface area contributed by atoms with E-state index in [2.05, 4.69) is 46.8 Å². The minimum Gasteiger partial charge on any atom is -0.378 e. The first-order valence-corrected chi connectivity index (χ1v) is 11.5. The van der Waals surface area contributed by atoms with Crippen LogP contribution in [-0.4, -0.2) is 45.5 Å². The molecule has 1 aliphatic rings. The van der Waals surface area contributed by atoms with E-state index in [1.54, 1.807) is 12.1 Å². The molecule has 1 atom stereocenters. The predicted molar refractivity (Wildman–Crippen MR) is 126 cm³/mol. The molecule has 1 saturated heterocycles. The Kier molecular flexibility index (Phi) is 7.50. The zero-order valence-corrected chi connectivity index (χ0v) is 20.2. The molecular formula is C23H20BrF3N6O3. The fraction of sp³-hybridized carbons (Fsp3) is 0.261. The molecule has 3 aromatic rings. The maximum Gasteiger partial charge on any atom is 0.418 e. The Hall–Kier alpha value is -3.58. The van der Waals surface area contributed by atoms with Gasteiger partial charge in [0.05, 0.1) is 47.5 Å². The predicted octanol–water partition coefficient (Wildman–Crippen LogP) is 3.60. The average Bonchev–Trinajstić information content (AvgIpc) is 3.34. The lowest BCUT2D eigenvalue weighted by Crippen LogP contribution is -2.59. The third kappa shape index (κ3) is 5.97. The zero-order valence-electron chi connectivity index (χ0n) is 18.6. The second-order valence-corrected chi connectivity index (χ2v) is 8.92. The quantitative estimate of drug-likeness (QED) is 0.401. The number of alkyl halides is 3. The average molecular weight is 565 g/mol. The molecule has 1 aliphatic heterocycles. The summed E-state index contributed by atoms with van der Waals surface area (Å²) < 4.78 is 45.7. The molecule has 9 nitrogen and oxygen atoms in total. The Morgan fingerprint density at radius 3 is 2.53 bits per heavy atom. The number of halogens is 4. The van der Waals surface area contributed by atoms with Crippen molar-refractivity contribution in [3.05, 3.63) is 76.5 Å². The van der Waals surface area contributed by atoms with Gasteiger partial charge < -0.3 is 20.7 Å². The number of carbonyl (C=O) groups is 2. The monoisotopic (exact) mass is 564 g/mol. The van der Waals surface area contributed by atoms with Gasteiger partial charge in [0.15, 0.2) is 0 Å². The van der Waals surface area contributed by atoms with E-state index in [9.17, 15) is 22.8 Å². The molecule has 3 N–H and O–H groups in total. The third-order valence-electron chi connectivity index (χ3n) is 5.45. The number of amides is 2. The van der Waals surface area contributed by atoms with Crippen molar-refractivity contribution in [2.75, 3.05) is 18.5 Å². The van der Waals surface area contributed by atoms with Gasteiger partial charge in [-0.05, 0) is 30.3 Å². The van der Waals surface area contributed by atoms with E-state index in [0.717, 1.165) is 6.07 Å². The molecule has 0 bridgehead atoms. The molecule has 2 aromatic heterocycles. The fourth-order valence-corrected chi connectivity index (χ4v) is 3.92. The lowest BCUT2D eigenvalue weighted by Gasteiger charge is -2.27. The van der Waals surface area contributed by atoms with Crippen LogP contribution in [-0.2, 0) is 22.3 Å². The number of nitrogens with one attached hydrogen (secondary N) is 3. The maximum atomic E-state index is 13.3. The number of carbonyl (C=O) groups excluding carboxylic acids is 2. The third-order valence-corrected chi connectivity index (χ3v) is 5.95. The number of ether oxygens (including phenoxy) is 1. The SMILES string of the molecule is O=C(N[C@@]1(C(=O)NCc2ccc(Nc3ccc(Br)cc3C(F)(F)F)cn2)CCOC1)c1cncnc1. The largest absolute Gasteiger partial charge is 0.418 e. The number of nitrogens with zero attached hydrogens (tertiary/aromatic N) is 3. The lowest BCUT2D eigenvalue weighted by atomic mass is 9.96. The number of aromatic nitrogens is 3. The van der Waals surface area contributed by atoms with Crippen molar-refractivity contribution < 1.29 is 27.5 Å². The van der Waals surface area contributed by atoms with E-state index in [1.165, 1.54) is 37.1 Å². The van der Waals surface area contributed by atoms with Crippen molar-refractivity contribution in [2.24, 2.45) is 0 Å². The molecule has 188 valence electrons. The van der Waals surface area contributed by atoms with Gasteiger partial charge in [-0.3, -0.25) is 14.6 Å². The van der Waals surface area contributed by atoms with Gasteiger partial charge in [-0.25, -0.2) is 9.97 Å².